The number of ether oxygens (including phenoxy) is 1. The van der Waals surface area contributed by atoms with E-state index in [9.17, 15) is 0 Å². The van der Waals surface area contributed by atoms with Gasteiger partial charge in [0.1, 0.15) is 17.9 Å². The van der Waals surface area contributed by atoms with Gasteiger partial charge in [0.25, 0.3) is 5.78 Å². The van der Waals surface area contributed by atoms with Gasteiger partial charge in [0.05, 0.1) is 7.11 Å². The number of rotatable bonds is 3. The molecule has 4 rings (SSSR count). The lowest BCUT2D eigenvalue weighted by atomic mass is 10.1. The van der Waals surface area contributed by atoms with Gasteiger partial charge in [-0.15, -0.1) is 0 Å². The van der Waals surface area contributed by atoms with Crippen LogP contribution in [0.1, 0.15) is 0 Å². The van der Waals surface area contributed by atoms with Crippen LogP contribution in [0.4, 0.5) is 5.82 Å². The largest absolute Gasteiger partial charge is 0.497 e. The summed E-state index contributed by atoms with van der Waals surface area (Å²) < 4.78 is 7.10. The second-order valence-electron chi connectivity index (χ2n) is 5.99. The van der Waals surface area contributed by atoms with Crippen molar-refractivity contribution in [3.63, 3.8) is 0 Å². The molecule has 0 amide bonds. The molecule has 0 aliphatic carbocycles. The fraction of sp³-hybridized carbons (Fsp3) is 0.353. The molecule has 0 N–H and O–H groups in total. The third-order valence-corrected chi connectivity index (χ3v) is 4.48. The molecule has 0 atom stereocenters. The highest BCUT2D eigenvalue weighted by atomic mass is 16.5. The Bertz CT molecular complexity index is 836. The minimum absolute atomic E-state index is 0.626. The molecule has 0 unspecified atom stereocenters. The molecule has 124 valence electrons. The molecule has 2 aromatic heterocycles. The predicted octanol–water partition coefficient (Wildman–Crippen LogP) is 1.55. The molecular weight excluding hydrogens is 304 g/mol. The SMILES string of the molecule is COc1ccc(-c2cnc3ncnn3c2N2CCN(C)CC2)cc1. The molecule has 3 aromatic rings. The Balaban J connectivity index is 1.83. The van der Waals surface area contributed by atoms with Crippen LogP contribution in [0, 0.1) is 0 Å². The summed E-state index contributed by atoms with van der Waals surface area (Å²) in [6.45, 7) is 3.97. The number of likely N-dealkylation sites (N-methyl/N-ethyl adjacent to an activating group) is 1. The third kappa shape index (κ3) is 2.56. The van der Waals surface area contributed by atoms with Gasteiger partial charge in [-0.1, -0.05) is 12.1 Å². The van der Waals surface area contributed by atoms with Crippen LogP contribution in [0.15, 0.2) is 36.8 Å². The van der Waals surface area contributed by atoms with Gasteiger partial charge in [0, 0.05) is 37.9 Å². The summed E-state index contributed by atoms with van der Waals surface area (Å²) >= 11 is 0. The Hall–Kier alpha value is -2.67. The molecule has 1 aliphatic rings. The van der Waals surface area contributed by atoms with Gasteiger partial charge in [-0.3, -0.25) is 0 Å². The number of methoxy groups -OCH3 is 1. The van der Waals surface area contributed by atoms with Crippen molar-refractivity contribution in [2.45, 2.75) is 0 Å². The predicted molar refractivity (Wildman–Crippen MR) is 92.5 cm³/mol. The molecule has 0 spiro atoms. The number of nitrogens with zero attached hydrogens (tertiary/aromatic N) is 6. The highest BCUT2D eigenvalue weighted by Gasteiger charge is 2.22. The lowest BCUT2D eigenvalue weighted by Crippen LogP contribution is -2.45. The molecule has 0 bridgehead atoms. The first-order chi connectivity index (χ1) is 11.8. The van der Waals surface area contributed by atoms with Crippen LogP contribution in [0.25, 0.3) is 16.9 Å². The zero-order valence-electron chi connectivity index (χ0n) is 13.9. The lowest BCUT2D eigenvalue weighted by molar-refractivity contribution is 0.311. The normalized spacial score (nSPS) is 15.8. The average molecular weight is 324 g/mol. The Morgan fingerprint density at radius 3 is 2.46 bits per heavy atom. The molecule has 7 heteroatoms. The van der Waals surface area contributed by atoms with Gasteiger partial charge < -0.3 is 14.5 Å². The van der Waals surface area contributed by atoms with E-state index in [0.29, 0.717) is 5.78 Å². The second-order valence-corrected chi connectivity index (χ2v) is 5.99. The van der Waals surface area contributed by atoms with Gasteiger partial charge in [-0.25, -0.2) is 4.98 Å². The minimum Gasteiger partial charge on any atom is -0.497 e. The summed E-state index contributed by atoms with van der Waals surface area (Å²) in [7, 11) is 3.83. The molecule has 3 heterocycles. The molecule has 7 nitrogen and oxygen atoms in total. The van der Waals surface area contributed by atoms with Gasteiger partial charge in [0.2, 0.25) is 0 Å². The number of hydrogen-bond donors (Lipinski definition) is 0. The van der Waals surface area contributed by atoms with E-state index in [1.807, 2.05) is 22.8 Å². The van der Waals surface area contributed by atoms with Crippen molar-refractivity contribution in [3.8, 4) is 16.9 Å². The minimum atomic E-state index is 0.626. The zero-order chi connectivity index (χ0) is 16.5. The topological polar surface area (TPSA) is 58.8 Å². The van der Waals surface area contributed by atoms with E-state index in [1.165, 1.54) is 0 Å². The van der Waals surface area contributed by atoms with Crippen LogP contribution in [0.3, 0.4) is 0 Å². The fourth-order valence-corrected chi connectivity index (χ4v) is 3.06. The Kier molecular flexibility index (Phi) is 3.78. The van der Waals surface area contributed by atoms with Crippen molar-refractivity contribution in [1.82, 2.24) is 24.5 Å². The summed E-state index contributed by atoms with van der Waals surface area (Å²) in [4.78, 5) is 13.4. The maximum Gasteiger partial charge on any atom is 0.254 e. The van der Waals surface area contributed by atoms with E-state index in [1.54, 1.807) is 13.4 Å². The van der Waals surface area contributed by atoms with Gasteiger partial charge >= 0.3 is 0 Å². The summed E-state index contributed by atoms with van der Waals surface area (Å²) in [6, 6.07) is 8.04. The highest BCUT2D eigenvalue weighted by Crippen LogP contribution is 2.31. The maximum absolute atomic E-state index is 5.26. The first-order valence-corrected chi connectivity index (χ1v) is 8.03. The van der Waals surface area contributed by atoms with Crippen LogP contribution in [-0.2, 0) is 0 Å². The first kappa shape index (κ1) is 14.9. The van der Waals surface area contributed by atoms with E-state index in [4.69, 9.17) is 4.74 Å². The summed E-state index contributed by atoms with van der Waals surface area (Å²) in [5.74, 6) is 2.52. The van der Waals surface area contributed by atoms with Gasteiger partial charge in [-0.05, 0) is 24.7 Å². The molecule has 0 radical (unpaired) electrons. The first-order valence-electron chi connectivity index (χ1n) is 8.03. The van der Waals surface area contributed by atoms with Crippen molar-refractivity contribution in [2.75, 3.05) is 45.2 Å². The van der Waals surface area contributed by atoms with Crippen LogP contribution < -0.4 is 9.64 Å². The molecule has 1 aromatic carbocycles. The summed E-state index contributed by atoms with van der Waals surface area (Å²) in [6.07, 6.45) is 3.44. The molecular formula is C17H20N6O. The fourth-order valence-electron chi connectivity index (χ4n) is 3.06. The Morgan fingerprint density at radius 1 is 1.00 bits per heavy atom. The summed E-state index contributed by atoms with van der Waals surface area (Å²) in [5, 5.41) is 4.40. The van der Waals surface area contributed by atoms with E-state index in [0.717, 1.165) is 48.9 Å². The van der Waals surface area contributed by atoms with Gasteiger partial charge in [-0.2, -0.15) is 14.6 Å². The monoisotopic (exact) mass is 324 g/mol. The van der Waals surface area contributed by atoms with Gasteiger partial charge in [0.15, 0.2) is 0 Å². The van der Waals surface area contributed by atoms with Crippen molar-refractivity contribution in [2.24, 2.45) is 0 Å². The molecule has 1 aliphatic heterocycles. The van der Waals surface area contributed by atoms with Crippen molar-refractivity contribution in [3.05, 3.63) is 36.8 Å². The second kappa shape index (κ2) is 6.09. The van der Waals surface area contributed by atoms with Crippen LogP contribution in [0.5, 0.6) is 5.75 Å². The van der Waals surface area contributed by atoms with E-state index in [2.05, 4.69) is 44.0 Å². The number of anilines is 1. The zero-order valence-corrected chi connectivity index (χ0v) is 13.9. The molecule has 24 heavy (non-hydrogen) atoms. The molecule has 1 saturated heterocycles. The smallest absolute Gasteiger partial charge is 0.254 e. The average Bonchev–Trinajstić information content (AvgIpc) is 3.10. The van der Waals surface area contributed by atoms with E-state index in [-0.39, 0.29) is 0 Å². The van der Waals surface area contributed by atoms with E-state index >= 15 is 0 Å². The standard InChI is InChI=1S/C17H20N6O/c1-21-7-9-22(10-8-21)16-15(11-18-17-19-12-20-23(16)17)13-3-5-14(24-2)6-4-13/h3-6,11-12H,7-10H2,1-2H3. The van der Waals surface area contributed by atoms with Crippen LogP contribution in [-0.4, -0.2) is 64.8 Å². The van der Waals surface area contributed by atoms with Crippen molar-refractivity contribution in [1.29, 1.82) is 0 Å². The number of fused-ring (bicyclic) bond motifs is 1. The van der Waals surface area contributed by atoms with Crippen molar-refractivity contribution < 1.29 is 4.74 Å². The summed E-state index contributed by atoms with van der Waals surface area (Å²) in [5.41, 5.74) is 2.15. The maximum atomic E-state index is 5.26. The lowest BCUT2D eigenvalue weighted by Gasteiger charge is -2.34. The molecule has 1 fully saturated rings. The van der Waals surface area contributed by atoms with Crippen LogP contribution in [0.2, 0.25) is 0 Å². The van der Waals surface area contributed by atoms with E-state index < -0.39 is 0 Å². The van der Waals surface area contributed by atoms with Crippen LogP contribution >= 0.6 is 0 Å². The molecule has 0 saturated carbocycles. The third-order valence-electron chi connectivity index (χ3n) is 4.48. The number of piperazine rings is 1. The highest BCUT2D eigenvalue weighted by molar-refractivity contribution is 5.77. The number of aromatic nitrogens is 4. The number of benzene rings is 1. The Labute approximate surface area is 140 Å². The Morgan fingerprint density at radius 2 is 1.75 bits per heavy atom. The van der Waals surface area contributed by atoms with Crippen molar-refractivity contribution >= 4 is 11.6 Å². The number of hydrogen-bond acceptors (Lipinski definition) is 6. The quantitative estimate of drug-likeness (QED) is 0.728.